The van der Waals surface area contributed by atoms with E-state index in [1.165, 1.54) is 6.20 Å². The zero-order valence-electron chi connectivity index (χ0n) is 18.7. The highest BCUT2D eigenvalue weighted by Gasteiger charge is 2.37. The van der Waals surface area contributed by atoms with Crippen LogP contribution in [0, 0.1) is 5.92 Å². The summed E-state index contributed by atoms with van der Waals surface area (Å²) in [7, 11) is 0. The van der Waals surface area contributed by atoms with Crippen LogP contribution in [-0.2, 0) is 11.3 Å². The molecule has 0 saturated carbocycles. The van der Waals surface area contributed by atoms with Crippen molar-refractivity contribution in [3.05, 3.63) is 103 Å². The van der Waals surface area contributed by atoms with Gasteiger partial charge >= 0.3 is 0 Å². The lowest BCUT2D eigenvalue weighted by Gasteiger charge is -2.43. The van der Waals surface area contributed by atoms with Crippen LogP contribution in [0.3, 0.4) is 0 Å². The van der Waals surface area contributed by atoms with Crippen LogP contribution in [0.25, 0.3) is 6.08 Å². The molecular weight excluding hydrogens is 576 g/mol. The second-order valence-electron chi connectivity index (χ2n) is 8.86. The quantitative estimate of drug-likeness (QED) is 0.457. The number of carbonyl (C=O) groups excluding carboxylic acids is 2. The molecule has 2 aromatic heterocycles. The molecule has 2 amide bonds. The van der Waals surface area contributed by atoms with Crippen LogP contribution in [0.15, 0.2) is 80.4 Å². The molecule has 2 bridgehead atoms. The number of benzene rings is 1. The van der Waals surface area contributed by atoms with E-state index in [2.05, 4.69) is 42.2 Å². The predicted octanol–water partition coefficient (Wildman–Crippen LogP) is 4.19. The second-order valence-corrected chi connectivity index (χ2v) is 10.7. The third-order valence-corrected chi connectivity index (χ3v) is 7.36. The third kappa shape index (κ3) is 5.16. The molecular formula is C26H22Br2N4O3. The number of piperidine rings is 1. The smallest absolute Gasteiger partial charge is 0.270 e. The number of nitrogens with one attached hydrogen (secondary N) is 1. The Balaban J connectivity index is 1.44. The molecule has 2 aliphatic heterocycles. The Morgan fingerprint density at radius 2 is 1.80 bits per heavy atom. The fourth-order valence-electron chi connectivity index (χ4n) is 4.84. The number of pyridine rings is 2. The molecule has 9 heteroatoms. The van der Waals surface area contributed by atoms with Crippen LogP contribution in [-0.4, -0.2) is 39.4 Å². The molecule has 35 heavy (non-hydrogen) atoms. The van der Waals surface area contributed by atoms with Crippen molar-refractivity contribution in [1.82, 2.24) is 19.8 Å². The van der Waals surface area contributed by atoms with Gasteiger partial charge in [-0.05, 0) is 64.2 Å². The van der Waals surface area contributed by atoms with E-state index < -0.39 is 5.91 Å². The highest BCUT2D eigenvalue weighted by Crippen LogP contribution is 2.35. The summed E-state index contributed by atoms with van der Waals surface area (Å²) in [6.45, 7) is 1.62. The maximum atomic E-state index is 13.8. The molecule has 2 unspecified atom stereocenters. The van der Waals surface area contributed by atoms with Crippen LogP contribution in [0.4, 0.5) is 0 Å². The fourth-order valence-corrected chi connectivity index (χ4v) is 5.47. The van der Waals surface area contributed by atoms with Crippen molar-refractivity contribution in [3.63, 3.8) is 0 Å². The van der Waals surface area contributed by atoms with E-state index in [0.29, 0.717) is 29.7 Å². The summed E-state index contributed by atoms with van der Waals surface area (Å²) in [5, 5.41) is 2.82. The summed E-state index contributed by atoms with van der Waals surface area (Å²) in [5.74, 6) is -0.390. The first-order valence-corrected chi connectivity index (χ1v) is 12.8. The molecule has 0 aliphatic carbocycles. The Hall–Kier alpha value is -3.04. The van der Waals surface area contributed by atoms with Crippen molar-refractivity contribution in [2.24, 2.45) is 5.92 Å². The molecule has 3 aromatic rings. The first-order valence-electron chi connectivity index (χ1n) is 11.3. The number of hydrogen-bond acceptors (Lipinski definition) is 4. The average Bonchev–Trinajstić information content (AvgIpc) is 2.85. The SMILES string of the molecule is O=C(NC(=Cc1ccc(Br)cc1)C(=O)N1CC2CC(C1)c1cccc(=O)n1C2)c1cncc(Br)c1. The molecule has 178 valence electrons. The minimum atomic E-state index is -0.412. The second kappa shape index (κ2) is 9.91. The summed E-state index contributed by atoms with van der Waals surface area (Å²) in [5.41, 5.74) is 2.30. The maximum Gasteiger partial charge on any atom is 0.270 e. The summed E-state index contributed by atoms with van der Waals surface area (Å²) in [6.07, 6.45) is 5.69. The van der Waals surface area contributed by atoms with Gasteiger partial charge in [-0.1, -0.05) is 34.1 Å². The molecule has 2 aliphatic rings. The molecule has 0 radical (unpaired) electrons. The van der Waals surface area contributed by atoms with E-state index in [4.69, 9.17) is 0 Å². The third-order valence-electron chi connectivity index (χ3n) is 6.39. The van der Waals surface area contributed by atoms with Crippen LogP contribution < -0.4 is 10.9 Å². The van der Waals surface area contributed by atoms with E-state index in [1.54, 1.807) is 35.4 Å². The van der Waals surface area contributed by atoms with Crippen LogP contribution >= 0.6 is 31.9 Å². The van der Waals surface area contributed by atoms with E-state index >= 15 is 0 Å². The number of likely N-dealkylation sites (tertiary alicyclic amines) is 1. The number of halogens is 2. The van der Waals surface area contributed by atoms with Gasteiger partial charge in [0.15, 0.2) is 0 Å². The van der Waals surface area contributed by atoms with Gasteiger partial charge in [0.05, 0.1) is 5.56 Å². The van der Waals surface area contributed by atoms with Gasteiger partial charge in [0, 0.05) is 58.7 Å². The van der Waals surface area contributed by atoms with Gasteiger partial charge in [0.25, 0.3) is 17.4 Å². The van der Waals surface area contributed by atoms with Crippen molar-refractivity contribution in [2.75, 3.05) is 13.1 Å². The van der Waals surface area contributed by atoms with E-state index in [-0.39, 0.29) is 29.0 Å². The largest absolute Gasteiger partial charge is 0.336 e. The monoisotopic (exact) mass is 596 g/mol. The Labute approximate surface area is 219 Å². The fraction of sp³-hybridized carbons (Fsp3) is 0.231. The van der Waals surface area contributed by atoms with Gasteiger partial charge in [-0.25, -0.2) is 0 Å². The molecule has 4 heterocycles. The van der Waals surface area contributed by atoms with Gasteiger partial charge in [-0.2, -0.15) is 0 Å². The first-order chi connectivity index (χ1) is 16.9. The lowest BCUT2D eigenvalue weighted by Crippen LogP contribution is -2.50. The minimum absolute atomic E-state index is 0.00249. The van der Waals surface area contributed by atoms with Crippen molar-refractivity contribution >= 4 is 49.8 Å². The number of hydrogen-bond donors (Lipinski definition) is 1. The number of amides is 2. The average molecular weight is 598 g/mol. The van der Waals surface area contributed by atoms with Gasteiger partial charge in [-0.3, -0.25) is 19.4 Å². The van der Waals surface area contributed by atoms with E-state index in [9.17, 15) is 14.4 Å². The standard InChI is InChI=1S/C26H22Br2N4O3/c27-20-6-4-16(5-7-20)9-22(30-25(34)18-10-21(28)12-29-11-18)26(35)31-13-17-8-19(15-31)23-2-1-3-24(33)32(23)14-17/h1-7,9-12,17,19H,8,13-15H2,(H,30,34). The lowest BCUT2D eigenvalue weighted by atomic mass is 9.83. The van der Waals surface area contributed by atoms with Crippen LogP contribution in [0.5, 0.6) is 0 Å². The molecule has 5 rings (SSSR count). The summed E-state index contributed by atoms with van der Waals surface area (Å²) < 4.78 is 3.43. The first kappa shape index (κ1) is 23.7. The Morgan fingerprint density at radius 1 is 1.00 bits per heavy atom. The molecule has 2 atom stereocenters. The molecule has 1 fully saturated rings. The summed E-state index contributed by atoms with van der Waals surface area (Å²) in [6, 6.07) is 14.5. The maximum absolute atomic E-state index is 13.8. The normalized spacial score (nSPS) is 19.1. The van der Waals surface area contributed by atoms with Crippen molar-refractivity contribution in [1.29, 1.82) is 0 Å². The van der Waals surface area contributed by atoms with Crippen LogP contribution in [0.1, 0.15) is 34.0 Å². The van der Waals surface area contributed by atoms with E-state index in [1.807, 2.05) is 34.9 Å². The van der Waals surface area contributed by atoms with Crippen molar-refractivity contribution in [3.8, 4) is 0 Å². The lowest BCUT2D eigenvalue weighted by molar-refractivity contribution is -0.130. The Kier molecular flexibility index (Phi) is 6.71. The summed E-state index contributed by atoms with van der Waals surface area (Å²) in [4.78, 5) is 44.9. The predicted molar refractivity (Wildman–Crippen MR) is 140 cm³/mol. The highest BCUT2D eigenvalue weighted by molar-refractivity contribution is 9.10. The number of nitrogens with zero attached hydrogens (tertiary/aromatic N) is 3. The molecule has 1 aromatic carbocycles. The minimum Gasteiger partial charge on any atom is -0.336 e. The Morgan fingerprint density at radius 3 is 2.57 bits per heavy atom. The topological polar surface area (TPSA) is 84.3 Å². The number of fused-ring (bicyclic) bond motifs is 4. The number of rotatable bonds is 4. The van der Waals surface area contributed by atoms with Gasteiger partial charge < -0.3 is 14.8 Å². The Bertz CT molecular complexity index is 1380. The zero-order valence-corrected chi connectivity index (χ0v) is 21.8. The van der Waals surface area contributed by atoms with Crippen molar-refractivity contribution in [2.45, 2.75) is 18.9 Å². The van der Waals surface area contributed by atoms with Gasteiger partial charge in [0.2, 0.25) is 0 Å². The van der Waals surface area contributed by atoms with E-state index in [0.717, 1.165) is 22.2 Å². The van der Waals surface area contributed by atoms with Crippen LogP contribution in [0.2, 0.25) is 0 Å². The highest BCUT2D eigenvalue weighted by atomic mass is 79.9. The summed E-state index contributed by atoms with van der Waals surface area (Å²) >= 11 is 6.76. The molecule has 1 N–H and O–H groups in total. The molecule has 1 saturated heterocycles. The number of aromatic nitrogens is 2. The molecule has 0 spiro atoms. The van der Waals surface area contributed by atoms with Gasteiger partial charge in [0.1, 0.15) is 5.70 Å². The van der Waals surface area contributed by atoms with Crippen molar-refractivity contribution < 1.29 is 9.59 Å². The molecule has 7 nitrogen and oxygen atoms in total. The van der Waals surface area contributed by atoms with Gasteiger partial charge in [-0.15, -0.1) is 0 Å². The number of carbonyl (C=O) groups is 2. The zero-order chi connectivity index (χ0) is 24.5.